The van der Waals surface area contributed by atoms with Crippen LogP contribution in [0.2, 0.25) is 0 Å². The summed E-state index contributed by atoms with van der Waals surface area (Å²) in [6.07, 6.45) is 0. The number of carbonyl (C=O) groups excluding carboxylic acids is 2. The summed E-state index contributed by atoms with van der Waals surface area (Å²) in [7, 11) is -0.176. The SMILES string of the molecule is COC(=O)[C@@H]1[C@H](S(=O)(=O)c2ccccc2)[C@@H](c2ccc(OC)cc2)N[C@H]1C(=O)OC. The minimum atomic E-state index is -4.03. The van der Waals surface area contributed by atoms with Gasteiger partial charge in [-0.25, -0.2) is 8.42 Å². The fourth-order valence-corrected chi connectivity index (χ4v) is 5.87. The first-order chi connectivity index (χ1) is 14.3. The number of methoxy groups -OCH3 is 3. The molecule has 1 aliphatic rings. The number of ether oxygens (including phenoxy) is 3. The highest BCUT2D eigenvalue weighted by Crippen LogP contribution is 2.40. The zero-order valence-corrected chi connectivity index (χ0v) is 17.6. The maximum Gasteiger partial charge on any atom is 0.323 e. The molecule has 1 aliphatic heterocycles. The third-order valence-electron chi connectivity index (χ3n) is 5.23. The van der Waals surface area contributed by atoms with Crippen LogP contribution >= 0.6 is 0 Å². The van der Waals surface area contributed by atoms with E-state index in [1.807, 2.05) is 0 Å². The summed E-state index contributed by atoms with van der Waals surface area (Å²) in [5, 5.41) is 1.70. The van der Waals surface area contributed by atoms with Crippen LogP contribution in [-0.2, 0) is 28.9 Å². The van der Waals surface area contributed by atoms with E-state index in [1.165, 1.54) is 26.4 Å². The number of rotatable bonds is 6. The molecule has 160 valence electrons. The van der Waals surface area contributed by atoms with Gasteiger partial charge in [0.15, 0.2) is 9.84 Å². The zero-order chi connectivity index (χ0) is 21.9. The van der Waals surface area contributed by atoms with E-state index in [0.717, 1.165) is 7.11 Å². The first kappa shape index (κ1) is 21.8. The quantitative estimate of drug-likeness (QED) is 0.683. The summed E-state index contributed by atoms with van der Waals surface area (Å²) in [6, 6.07) is 12.5. The first-order valence-electron chi connectivity index (χ1n) is 9.19. The van der Waals surface area contributed by atoms with Crippen LogP contribution in [0.25, 0.3) is 0 Å². The van der Waals surface area contributed by atoms with Gasteiger partial charge in [-0.1, -0.05) is 30.3 Å². The third kappa shape index (κ3) is 3.90. The van der Waals surface area contributed by atoms with Crippen LogP contribution in [0.1, 0.15) is 11.6 Å². The summed E-state index contributed by atoms with van der Waals surface area (Å²) < 4.78 is 42.1. The van der Waals surface area contributed by atoms with E-state index >= 15 is 0 Å². The third-order valence-corrected chi connectivity index (χ3v) is 7.45. The Morgan fingerprint density at radius 2 is 1.47 bits per heavy atom. The lowest BCUT2D eigenvalue weighted by molar-refractivity contribution is -0.153. The molecule has 0 aliphatic carbocycles. The van der Waals surface area contributed by atoms with Crippen molar-refractivity contribution < 1.29 is 32.2 Å². The van der Waals surface area contributed by atoms with Crippen LogP contribution in [0.4, 0.5) is 0 Å². The van der Waals surface area contributed by atoms with Gasteiger partial charge in [-0.2, -0.15) is 0 Å². The largest absolute Gasteiger partial charge is 0.497 e. The fourth-order valence-electron chi connectivity index (χ4n) is 3.77. The van der Waals surface area contributed by atoms with Crippen molar-refractivity contribution in [2.45, 2.75) is 22.2 Å². The molecule has 1 fully saturated rings. The minimum absolute atomic E-state index is 0.0507. The topological polar surface area (TPSA) is 108 Å². The van der Waals surface area contributed by atoms with Crippen molar-refractivity contribution in [3.63, 3.8) is 0 Å². The van der Waals surface area contributed by atoms with Crippen LogP contribution in [0.5, 0.6) is 5.75 Å². The first-order valence-corrected chi connectivity index (χ1v) is 10.7. The predicted molar refractivity (Wildman–Crippen MR) is 108 cm³/mol. The molecule has 30 heavy (non-hydrogen) atoms. The number of hydrogen-bond donors (Lipinski definition) is 1. The van der Waals surface area contributed by atoms with E-state index in [1.54, 1.807) is 42.5 Å². The highest BCUT2D eigenvalue weighted by molar-refractivity contribution is 7.92. The van der Waals surface area contributed by atoms with Gasteiger partial charge in [-0.15, -0.1) is 0 Å². The molecule has 0 saturated carbocycles. The average Bonchev–Trinajstić information content (AvgIpc) is 3.20. The maximum atomic E-state index is 13.6. The molecular formula is C21H23NO7S. The van der Waals surface area contributed by atoms with Crippen molar-refractivity contribution in [2.75, 3.05) is 21.3 Å². The molecule has 0 radical (unpaired) electrons. The van der Waals surface area contributed by atoms with Gasteiger partial charge in [0.2, 0.25) is 0 Å². The number of benzene rings is 2. The van der Waals surface area contributed by atoms with Gasteiger partial charge >= 0.3 is 11.9 Å². The molecule has 0 bridgehead atoms. The van der Waals surface area contributed by atoms with Crippen molar-refractivity contribution in [1.29, 1.82) is 0 Å². The molecular weight excluding hydrogens is 410 g/mol. The number of esters is 2. The Kier molecular flexibility index (Phi) is 6.42. The predicted octanol–water partition coefficient (Wildman–Crippen LogP) is 1.51. The summed E-state index contributed by atoms with van der Waals surface area (Å²) in [6.45, 7) is 0. The van der Waals surface area contributed by atoms with Gasteiger partial charge in [-0.05, 0) is 29.8 Å². The van der Waals surface area contributed by atoms with Gasteiger partial charge in [0, 0.05) is 0 Å². The Morgan fingerprint density at radius 3 is 2.00 bits per heavy atom. The molecule has 2 aromatic rings. The molecule has 0 unspecified atom stereocenters. The van der Waals surface area contributed by atoms with E-state index < -0.39 is 45.0 Å². The summed E-state index contributed by atoms with van der Waals surface area (Å²) in [4.78, 5) is 25.1. The Bertz CT molecular complexity index is 1010. The van der Waals surface area contributed by atoms with E-state index in [0.29, 0.717) is 11.3 Å². The lowest BCUT2D eigenvalue weighted by Crippen LogP contribution is -2.43. The van der Waals surface area contributed by atoms with Gasteiger partial charge in [-0.3, -0.25) is 14.9 Å². The normalized spacial score (nSPS) is 23.6. The Labute approximate surface area is 175 Å². The van der Waals surface area contributed by atoms with Crippen molar-refractivity contribution in [3.05, 3.63) is 60.2 Å². The van der Waals surface area contributed by atoms with Gasteiger partial charge in [0.25, 0.3) is 0 Å². The molecule has 1 saturated heterocycles. The summed E-state index contributed by atoms with van der Waals surface area (Å²) in [5.74, 6) is -2.25. The molecule has 4 atom stereocenters. The highest BCUT2D eigenvalue weighted by Gasteiger charge is 2.57. The average molecular weight is 433 g/mol. The molecule has 0 aromatic heterocycles. The lowest BCUT2D eigenvalue weighted by Gasteiger charge is -2.24. The number of nitrogens with one attached hydrogen (secondary N) is 1. The monoisotopic (exact) mass is 433 g/mol. The maximum absolute atomic E-state index is 13.6. The smallest absolute Gasteiger partial charge is 0.323 e. The summed E-state index contributed by atoms with van der Waals surface area (Å²) in [5.41, 5.74) is 0.584. The Morgan fingerprint density at radius 1 is 0.867 bits per heavy atom. The molecule has 2 aromatic carbocycles. The van der Waals surface area contributed by atoms with Crippen molar-refractivity contribution >= 4 is 21.8 Å². The van der Waals surface area contributed by atoms with Gasteiger partial charge in [0.1, 0.15) is 23.0 Å². The van der Waals surface area contributed by atoms with Crippen LogP contribution < -0.4 is 10.1 Å². The molecule has 1 heterocycles. The molecule has 0 spiro atoms. The Hall–Kier alpha value is -2.91. The number of carbonyl (C=O) groups is 2. The molecule has 3 rings (SSSR count). The minimum Gasteiger partial charge on any atom is -0.497 e. The van der Waals surface area contributed by atoms with E-state index in [-0.39, 0.29) is 4.90 Å². The van der Waals surface area contributed by atoms with Crippen LogP contribution in [0.3, 0.4) is 0 Å². The van der Waals surface area contributed by atoms with Crippen LogP contribution in [-0.4, -0.2) is 53.0 Å². The second kappa shape index (κ2) is 8.85. The number of sulfone groups is 1. The van der Waals surface area contributed by atoms with Crippen LogP contribution in [0.15, 0.2) is 59.5 Å². The second-order valence-corrected chi connectivity index (χ2v) is 8.90. The molecule has 9 heteroatoms. The fraction of sp³-hybridized carbons (Fsp3) is 0.333. The van der Waals surface area contributed by atoms with E-state index in [2.05, 4.69) is 5.32 Å². The molecule has 8 nitrogen and oxygen atoms in total. The lowest BCUT2D eigenvalue weighted by atomic mass is 9.95. The van der Waals surface area contributed by atoms with Gasteiger partial charge < -0.3 is 14.2 Å². The highest BCUT2D eigenvalue weighted by atomic mass is 32.2. The van der Waals surface area contributed by atoms with Crippen LogP contribution in [0, 0.1) is 5.92 Å². The van der Waals surface area contributed by atoms with E-state index in [4.69, 9.17) is 14.2 Å². The molecule has 0 amide bonds. The van der Waals surface area contributed by atoms with Crippen molar-refractivity contribution in [2.24, 2.45) is 5.92 Å². The zero-order valence-electron chi connectivity index (χ0n) is 16.8. The number of hydrogen-bond acceptors (Lipinski definition) is 8. The standard InChI is InChI=1S/C21H23NO7S/c1-27-14-11-9-13(10-12-14)17-19(30(25,26)15-7-5-4-6-8-15)16(20(23)28-2)18(22-17)21(24)29-3/h4-12,16-19,22H,1-3H3/t16-,17+,18+,19-/m0/s1. The van der Waals surface area contributed by atoms with Crippen molar-refractivity contribution in [3.8, 4) is 5.75 Å². The molecule has 1 N–H and O–H groups in total. The Balaban J connectivity index is 2.17. The summed E-state index contributed by atoms with van der Waals surface area (Å²) >= 11 is 0. The van der Waals surface area contributed by atoms with E-state index in [9.17, 15) is 18.0 Å². The van der Waals surface area contributed by atoms with Gasteiger partial charge in [0.05, 0.1) is 32.3 Å². The second-order valence-electron chi connectivity index (χ2n) is 6.79. The van der Waals surface area contributed by atoms with Crippen molar-refractivity contribution in [1.82, 2.24) is 5.32 Å².